The highest BCUT2D eigenvalue weighted by atomic mass is 79.9. The Labute approximate surface area is 585 Å². The molecule has 8 heterocycles. The first kappa shape index (κ1) is 68.6. The van der Waals surface area contributed by atoms with Crippen LogP contribution in [0.15, 0.2) is 180 Å². The predicted molar refractivity (Wildman–Crippen MR) is 418 cm³/mol. The van der Waals surface area contributed by atoms with E-state index in [-0.39, 0.29) is 5.82 Å². The topological polar surface area (TPSA) is 38.9 Å². The van der Waals surface area contributed by atoms with Gasteiger partial charge in [0, 0.05) is 237 Å². The van der Waals surface area contributed by atoms with E-state index in [1.54, 1.807) is 12.1 Å². The number of anilines is 8. The van der Waals surface area contributed by atoms with E-state index in [2.05, 4.69) is 255 Å². The first-order valence-corrected chi connectivity index (χ1v) is 39.3. The lowest BCUT2D eigenvalue weighted by Gasteiger charge is -2.37. The van der Waals surface area contributed by atoms with E-state index in [0.29, 0.717) is 17.2 Å². The average Bonchev–Trinajstić information content (AvgIpc) is 0.847. The van der Waals surface area contributed by atoms with Gasteiger partial charge in [-0.15, -0.1) is 0 Å². The molecule has 8 aromatic carbocycles. The Bertz CT molecular complexity index is 3520. The van der Waals surface area contributed by atoms with Crippen molar-refractivity contribution in [1.82, 2.24) is 39.2 Å². The third-order valence-electron chi connectivity index (χ3n) is 19.7. The number of para-hydroxylation sites is 5. The lowest BCUT2D eigenvalue weighted by Crippen LogP contribution is -2.47. The SMILES string of the molecule is CN1CCN(CCN2c3ccccc3Pc3ccc(Br)cc32)CC1.CN1CCN(CCN2c3ccccc3Pc3ccc(Cl)cc32)CC1.CN1CCN(CCN2c3ccccc3Pc3ccc(F)cc32)CC1.CN1CCN(CCN2c3ccccc3Pc3ccccc32)CC1. The third-order valence-corrected chi connectivity index (χ3v) is 26.0. The third kappa shape index (κ3) is 17.4. The Morgan fingerprint density at radius 3 is 0.874 bits per heavy atom. The van der Waals surface area contributed by atoms with Crippen LogP contribution in [0.4, 0.5) is 49.9 Å². The van der Waals surface area contributed by atoms with Gasteiger partial charge in [0.2, 0.25) is 0 Å². The van der Waals surface area contributed by atoms with Crippen LogP contribution in [0.25, 0.3) is 0 Å². The smallest absolute Gasteiger partial charge is 0.125 e. The lowest BCUT2D eigenvalue weighted by molar-refractivity contribution is 0.157. The fraction of sp³-hybridized carbons (Fsp3) is 0.368. The molecule has 16 rings (SSSR count). The maximum atomic E-state index is 13.8. The number of hydrogen-bond acceptors (Lipinski definition) is 12. The van der Waals surface area contributed by atoms with E-state index in [9.17, 15) is 4.39 Å². The normalized spacial score (nSPS) is 19.1. The van der Waals surface area contributed by atoms with Crippen molar-refractivity contribution in [1.29, 1.82) is 0 Å². The highest BCUT2D eigenvalue weighted by molar-refractivity contribution is 9.10. The molecule has 0 saturated carbocycles. The molecule has 0 bridgehead atoms. The Morgan fingerprint density at radius 1 is 0.295 bits per heavy atom. The van der Waals surface area contributed by atoms with Crippen LogP contribution < -0.4 is 62.0 Å². The molecule has 8 aliphatic rings. The van der Waals surface area contributed by atoms with Gasteiger partial charge in [0.1, 0.15) is 5.82 Å². The number of rotatable bonds is 12. The van der Waals surface area contributed by atoms with E-state index in [0.717, 1.165) is 124 Å². The van der Waals surface area contributed by atoms with Crippen molar-refractivity contribution >= 4 is 150 Å². The average molecular weight is 1430 g/mol. The van der Waals surface area contributed by atoms with Gasteiger partial charge in [-0.1, -0.05) is 165 Å². The van der Waals surface area contributed by atoms with Gasteiger partial charge in [-0.05, 0) is 101 Å². The minimum absolute atomic E-state index is 0.150. The van der Waals surface area contributed by atoms with Gasteiger partial charge in [0.05, 0.1) is 17.1 Å². The molecule has 4 saturated heterocycles. The largest absolute Gasteiger partial charge is 0.339 e. The summed E-state index contributed by atoms with van der Waals surface area (Å²) in [6.45, 7) is 27.0. The number of fused-ring (bicyclic) bond motifs is 8. The van der Waals surface area contributed by atoms with Gasteiger partial charge in [-0.3, -0.25) is 19.6 Å². The first-order valence-electron chi connectivity index (χ1n) is 34.1. The summed E-state index contributed by atoms with van der Waals surface area (Å²) in [5.41, 5.74) is 10.5. The Balaban J connectivity index is 0.000000115. The molecule has 3 unspecified atom stereocenters. The molecular formula is C76H93BrClFN12P4. The summed E-state index contributed by atoms with van der Waals surface area (Å²) in [5, 5.41) is 12.1. The predicted octanol–water partition coefficient (Wildman–Crippen LogP) is 9.61. The Kier molecular flexibility index (Phi) is 23.7. The summed E-state index contributed by atoms with van der Waals surface area (Å²) in [6.07, 6.45) is 0. The Morgan fingerprint density at radius 2 is 0.547 bits per heavy atom. The second kappa shape index (κ2) is 32.8. The van der Waals surface area contributed by atoms with Gasteiger partial charge in [-0.2, -0.15) is 0 Å². The molecular weight excluding hydrogens is 1340 g/mol. The quantitative estimate of drug-likeness (QED) is 0.110. The van der Waals surface area contributed by atoms with Gasteiger partial charge in [0.25, 0.3) is 0 Å². The molecule has 498 valence electrons. The fourth-order valence-electron chi connectivity index (χ4n) is 13.9. The molecule has 0 aliphatic carbocycles. The summed E-state index contributed by atoms with van der Waals surface area (Å²) in [5.74, 6) is -0.150. The number of halogens is 3. The van der Waals surface area contributed by atoms with Crippen molar-refractivity contribution < 1.29 is 4.39 Å². The molecule has 8 aliphatic heterocycles. The maximum Gasteiger partial charge on any atom is 0.125 e. The van der Waals surface area contributed by atoms with Gasteiger partial charge in [0.15, 0.2) is 0 Å². The number of nitrogens with zero attached hydrogens (tertiary/aromatic N) is 12. The first-order chi connectivity index (χ1) is 46.4. The van der Waals surface area contributed by atoms with Crippen LogP contribution >= 0.6 is 61.9 Å². The molecule has 0 N–H and O–H groups in total. The zero-order valence-electron chi connectivity index (χ0n) is 55.7. The van der Waals surface area contributed by atoms with Crippen molar-refractivity contribution in [3.05, 3.63) is 191 Å². The van der Waals surface area contributed by atoms with E-state index in [1.807, 2.05) is 12.1 Å². The molecule has 4 fully saturated rings. The van der Waals surface area contributed by atoms with E-state index < -0.39 is 0 Å². The summed E-state index contributed by atoms with van der Waals surface area (Å²) in [4.78, 5) is 29.7. The van der Waals surface area contributed by atoms with Crippen molar-refractivity contribution in [2.75, 3.05) is 205 Å². The molecule has 0 radical (unpaired) electrons. The number of likely N-dealkylation sites (N-methyl/N-ethyl adjacent to an activating group) is 4. The van der Waals surface area contributed by atoms with Gasteiger partial charge < -0.3 is 39.2 Å². The number of hydrogen-bond donors (Lipinski definition) is 0. The van der Waals surface area contributed by atoms with E-state index >= 15 is 0 Å². The van der Waals surface area contributed by atoms with E-state index in [4.69, 9.17) is 11.6 Å². The van der Waals surface area contributed by atoms with Crippen LogP contribution in [0, 0.1) is 5.82 Å². The summed E-state index contributed by atoms with van der Waals surface area (Å²) >= 11 is 9.95. The van der Waals surface area contributed by atoms with Crippen LogP contribution in [0.3, 0.4) is 0 Å². The number of benzene rings is 8. The van der Waals surface area contributed by atoms with Gasteiger partial charge >= 0.3 is 0 Å². The minimum atomic E-state index is -0.150. The molecule has 95 heavy (non-hydrogen) atoms. The molecule has 19 heteroatoms. The maximum absolute atomic E-state index is 13.8. The van der Waals surface area contributed by atoms with Crippen molar-refractivity contribution in [2.24, 2.45) is 0 Å². The summed E-state index contributed by atoms with van der Waals surface area (Å²) in [7, 11) is 11.7. The summed E-state index contributed by atoms with van der Waals surface area (Å²) < 4.78 is 15.0. The Hall–Kier alpha value is -4.94. The fourth-order valence-corrected chi connectivity index (χ4v) is 19.7. The van der Waals surface area contributed by atoms with Crippen molar-refractivity contribution in [3.63, 3.8) is 0 Å². The van der Waals surface area contributed by atoms with Crippen molar-refractivity contribution in [3.8, 4) is 0 Å². The van der Waals surface area contributed by atoms with E-state index in [1.165, 1.54) is 148 Å². The molecule has 0 aromatic heterocycles. The summed E-state index contributed by atoms with van der Waals surface area (Å²) in [6, 6.07) is 62.3. The molecule has 8 aromatic rings. The van der Waals surface area contributed by atoms with Crippen LogP contribution in [-0.2, 0) is 0 Å². The second-order valence-electron chi connectivity index (χ2n) is 26.3. The molecule has 0 amide bonds. The van der Waals surface area contributed by atoms with Crippen LogP contribution in [-0.4, -0.2) is 224 Å². The van der Waals surface area contributed by atoms with Gasteiger partial charge in [-0.25, -0.2) is 4.39 Å². The lowest BCUT2D eigenvalue weighted by atomic mass is 10.2. The second-order valence-corrected chi connectivity index (χ2v) is 32.9. The molecule has 12 nitrogen and oxygen atoms in total. The number of piperazine rings is 4. The zero-order chi connectivity index (χ0) is 65.2. The zero-order valence-corrected chi connectivity index (χ0v) is 62.1. The minimum Gasteiger partial charge on any atom is -0.339 e. The molecule has 0 spiro atoms. The van der Waals surface area contributed by atoms with Crippen LogP contribution in [0.2, 0.25) is 5.02 Å². The van der Waals surface area contributed by atoms with Crippen molar-refractivity contribution in [2.45, 2.75) is 0 Å². The highest BCUT2D eigenvalue weighted by Gasteiger charge is 2.29. The van der Waals surface area contributed by atoms with Crippen LogP contribution in [0.5, 0.6) is 0 Å². The standard InChI is InChI=1S/C19H23BrN3P.C19H23ClN3P.C19H23FN3P.C19H24N3P/c3*1-21-8-10-22(11-9-21)12-13-23-16-4-2-3-5-18(16)24-19-7-6-15(20)14-17(19)23;1-20-10-12-21(13-11-20)14-15-22-16-6-2-4-8-18(16)23-19-9-5-3-7-17(19)22/h3*2-7,14,24H,8-13H2,1H3;2-9,23H,10-15H2,1H3. The monoisotopic (exact) mass is 1430 g/mol. The molecule has 3 atom stereocenters. The highest BCUT2D eigenvalue weighted by Crippen LogP contribution is 2.40. The van der Waals surface area contributed by atoms with Crippen LogP contribution in [0.1, 0.15) is 0 Å².